The fourth-order valence-corrected chi connectivity index (χ4v) is 2.77. The fraction of sp³-hybridized carbons (Fsp3) is 0.167. The number of anilines is 1. The largest absolute Gasteiger partial charge is 0.508 e. The summed E-state index contributed by atoms with van der Waals surface area (Å²) >= 11 is 5.84. The topological polar surface area (TPSA) is 92.7 Å². The Morgan fingerprint density at radius 1 is 1.20 bits per heavy atom. The first kappa shape index (κ1) is 17.0. The van der Waals surface area contributed by atoms with Crippen molar-refractivity contribution < 1.29 is 24.2 Å². The number of Topliss-reactive ketones (excluding diaryl/α,β-unsaturated/α-hetero) is 1. The molecule has 0 fully saturated rings. The highest BCUT2D eigenvalue weighted by molar-refractivity contribution is 6.33. The highest BCUT2D eigenvalue weighted by Gasteiger charge is 2.41. The van der Waals surface area contributed by atoms with Gasteiger partial charge in [0.25, 0.3) is 0 Å². The number of ether oxygens (including phenoxy) is 1. The second-order valence-electron chi connectivity index (χ2n) is 5.52. The first-order valence-electron chi connectivity index (χ1n) is 7.55. The molecular weight excluding hydrogens is 346 g/mol. The van der Waals surface area contributed by atoms with E-state index in [1.54, 1.807) is 18.2 Å². The molecule has 2 aromatic rings. The third-order valence-electron chi connectivity index (χ3n) is 3.87. The van der Waals surface area contributed by atoms with Crippen LogP contribution >= 0.6 is 11.6 Å². The highest BCUT2D eigenvalue weighted by Crippen LogP contribution is 2.29. The molecule has 0 aliphatic carbocycles. The summed E-state index contributed by atoms with van der Waals surface area (Å²) in [5.74, 6) is -3.73. The number of aromatic hydroxyl groups is 1. The Morgan fingerprint density at radius 3 is 2.72 bits per heavy atom. The van der Waals surface area contributed by atoms with Gasteiger partial charge in [0, 0.05) is 17.0 Å². The molecule has 1 aliphatic heterocycles. The van der Waals surface area contributed by atoms with Crippen molar-refractivity contribution in [3.63, 3.8) is 0 Å². The van der Waals surface area contributed by atoms with Gasteiger partial charge in [-0.25, -0.2) is 0 Å². The van der Waals surface area contributed by atoms with Gasteiger partial charge in [-0.1, -0.05) is 29.8 Å². The SMILES string of the molecule is O=C1Nc2cc(Cl)ccc2C(=O)C1C(=O)OCCc1ccccc1O. The van der Waals surface area contributed by atoms with Gasteiger partial charge in [0.1, 0.15) is 5.75 Å². The van der Waals surface area contributed by atoms with E-state index in [1.165, 1.54) is 24.3 Å². The van der Waals surface area contributed by atoms with Crippen LogP contribution in [-0.4, -0.2) is 29.4 Å². The fourth-order valence-electron chi connectivity index (χ4n) is 2.60. The number of carbonyl (C=O) groups is 3. The average molecular weight is 360 g/mol. The number of phenolic OH excluding ortho intramolecular Hbond substituents is 1. The van der Waals surface area contributed by atoms with Crippen LogP contribution in [0.2, 0.25) is 5.02 Å². The van der Waals surface area contributed by atoms with Crippen LogP contribution < -0.4 is 5.32 Å². The van der Waals surface area contributed by atoms with Gasteiger partial charge in [0.2, 0.25) is 5.91 Å². The van der Waals surface area contributed by atoms with E-state index in [4.69, 9.17) is 16.3 Å². The van der Waals surface area contributed by atoms with Gasteiger partial charge in [-0.05, 0) is 29.8 Å². The minimum atomic E-state index is -1.54. The van der Waals surface area contributed by atoms with E-state index >= 15 is 0 Å². The van der Waals surface area contributed by atoms with Gasteiger partial charge in [0.15, 0.2) is 11.7 Å². The molecule has 0 saturated carbocycles. The number of ketones is 1. The molecule has 0 aromatic heterocycles. The molecule has 25 heavy (non-hydrogen) atoms. The number of esters is 1. The smallest absolute Gasteiger partial charge is 0.326 e. The molecule has 1 amide bonds. The second kappa shape index (κ2) is 6.94. The quantitative estimate of drug-likeness (QED) is 0.646. The number of fused-ring (bicyclic) bond motifs is 1. The molecule has 128 valence electrons. The van der Waals surface area contributed by atoms with Crippen molar-refractivity contribution in [1.29, 1.82) is 0 Å². The molecule has 1 aliphatic rings. The lowest BCUT2D eigenvalue weighted by molar-refractivity contribution is -0.149. The molecule has 1 unspecified atom stereocenters. The van der Waals surface area contributed by atoms with E-state index in [0.717, 1.165) is 0 Å². The Labute approximate surface area is 148 Å². The van der Waals surface area contributed by atoms with Gasteiger partial charge < -0.3 is 15.2 Å². The summed E-state index contributed by atoms with van der Waals surface area (Å²) in [4.78, 5) is 36.7. The second-order valence-corrected chi connectivity index (χ2v) is 5.96. The van der Waals surface area contributed by atoms with Crippen LogP contribution in [0.25, 0.3) is 0 Å². The third kappa shape index (κ3) is 3.49. The molecular formula is C18H14ClNO5. The van der Waals surface area contributed by atoms with Crippen LogP contribution in [-0.2, 0) is 20.7 Å². The number of hydrogen-bond acceptors (Lipinski definition) is 5. The molecule has 6 nitrogen and oxygen atoms in total. The minimum absolute atomic E-state index is 0.0546. The number of hydrogen-bond donors (Lipinski definition) is 2. The number of phenols is 1. The summed E-state index contributed by atoms with van der Waals surface area (Å²) in [6.45, 7) is -0.0546. The van der Waals surface area contributed by atoms with Gasteiger partial charge >= 0.3 is 5.97 Å². The Kier molecular flexibility index (Phi) is 4.72. The van der Waals surface area contributed by atoms with E-state index in [0.29, 0.717) is 10.6 Å². The summed E-state index contributed by atoms with van der Waals surface area (Å²) in [6, 6.07) is 11.1. The number of amides is 1. The maximum atomic E-state index is 12.4. The lowest BCUT2D eigenvalue weighted by Crippen LogP contribution is -2.41. The molecule has 3 rings (SSSR count). The number of carbonyl (C=O) groups excluding carboxylic acids is 3. The van der Waals surface area contributed by atoms with Crippen molar-refractivity contribution in [3.05, 3.63) is 58.6 Å². The van der Waals surface area contributed by atoms with Crippen molar-refractivity contribution in [3.8, 4) is 5.75 Å². The maximum absolute atomic E-state index is 12.4. The molecule has 1 atom stereocenters. The molecule has 0 spiro atoms. The van der Waals surface area contributed by atoms with Crippen LogP contribution in [0, 0.1) is 5.92 Å². The number of rotatable bonds is 4. The zero-order chi connectivity index (χ0) is 18.0. The van der Waals surface area contributed by atoms with Crippen molar-refractivity contribution in [2.75, 3.05) is 11.9 Å². The lowest BCUT2D eigenvalue weighted by atomic mass is 9.92. The van der Waals surface area contributed by atoms with E-state index < -0.39 is 23.6 Å². The maximum Gasteiger partial charge on any atom is 0.326 e. The monoisotopic (exact) mass is 359 g/mol. The van der Waals surface area contributed by atoms with Gasteiger partial charge in [-0.15, -0.1) is 0 Å². The Morgan fingerprint density at radius 2 is 1.96 bits per heavy atom. The van der Waals surface area contributed by atoms with Crippen LogP contribution in [0.5, 0.6) is 5.75 Å². The normalized spacial score (nSPS) is 16.1. The predicted molar refractivity (Wildman–Crippen MR) is 90.7 cm³/mol. The van der Waals surface area contributed by atoms with Crippen LogP contribution in [0.3, 0.4) is 0 Å². The van der Waals surface area contributed by atoms with Crippen molar-refractivity contribution >= 4 is 34.9 Å². The Balaban J connectivity index is 1.68. The van der Waals surface area contributed by atoms with E-state index in [-0.39, 0.29) is 30.0 Å². The number of halogens is 1. The molecule has 0 saturated heterocycles. The zero-order valence-electron chi connectivity index (χ0n) is 13.0. The minimum Gasteiger partial charge on any atom is -0.508 e. The summed E-state index contributed by atoms with van der Waals surface area (Å²) in [7, 11) is 0. The van der Waals surface area contributed by atoms with Crippen molar-refractivity contribution in [1.82, 2.24) is 0 Å². The first-order valence-corrected chi connectivity index (χ1v) is 7.93. The summed E-state index contributed by atoms with van der Waals surface area (Å²) in [5, 5.41) is 12.5. The molecule has 0 radical (unpaired) electrons. The summed E-state index contributed by atoms with van der Waals surface area (Å²) in [5.41, 5.74) is 1.10. The standard InChI is InChI=1S/C18H14ClNO5/c19-11-5-6-12-13(9-11)20-17(23)15(16(12)22)18(24)25-8-7-10-3-1-2-4-14(10)21/h1-6,9,15,21H,7-8H2,(H,20,23). The van der Waals surface area contributed by atoms with E-state index in [2.05, 4.69) is 5.32 Å². The van der Waals surface area contributed by atoms with Crippen LogP contribution in [0.15, 0.2) is 42.5 Å². The van der Waals surface area contributed by atoms with Crippen LogP contribution in [0.4, 0.5) is 5.69 Å². The van der Waals surface area contributed by atoms with Gasteiger partial charge in [-0.3, -0.25) is 14.4 Å². The van der Waals surface area contributed by atoms with E-state index in [1.807, 2.05) is 0 Å². The van der Waals surface area contributed by atoms with Gasteiger partial charge in [0.05, 0.1) is 12.3 Å². The number of nitrogens with one attached hydrogen (secondary N) is 1. The Hall–Kier alpha value is -2.86. The lowest BCUT2D eigenvalue weighted by Gasteiger charge is -2.22. The molecule has 2 N–H and O–H groups in total. The highest BCUT2D eigenvalue weighted by atomic mass is 35.5. The summed E-state index contributed by atoms with van der Waals surface area (Å²) in [6.07, 6.45) is 0.271. The zero-order valence-corrected chi connectivity index (χ0v) is 13.7. The number of benzene rings is 2. The van der Waals surface area contributed by atoms with Crippen molar-refractivity contribution in [2.45, 2.75) is 6.42 Å². The van der Waals surface area contributed by atoms with Crippen molar-refractivity contribution in [2.24, 2.45) is 5.92 Å². The Bertz CT molecular complexity index is 864. The molecule has 7 heteroatoms. The number of para-hydroxylation sites is 1. The third-order valence-corrected chi connectivity index (χ3v) is 4.11. The predicted octanol–water partition coefficient (Wildman–Crippen LogP) is 2.58. The molecule has 2 aromatic carbocycles. The van der Waals surface area contributed by atoms with Gasteiger partial charge in [-0.2, -0.15) is 0 Å². The summed E-state index contributed by atoms with van der Waals surface area (Å²) < 4.78 is 5.06. The molecule has 1 heterocycles. The van der Waals surface area contributed by atoms with E-state index in [9.17, 15) is 19.5 Å². The first-order chi connectivity index (χ1) is 12.0. The average Bonchev–Trinajstić information content (AvgIpc) is 2.56. The van der Waals surface area contributed by atoms with Crippen LogP contribution in [0.1, 0.15) is 15.9 Å². The molecule has 0 bridgehead atoms.